The van der Waals surface area contributed by atoms with E-state index < -0.39 is 57.8 Å². The Bertz CT molecular complexity index is 1490. The van der Waals surface area contributed by atoms with Crippen molar-refractivity contribution in [2.75, 3.05) is 26.4 Å². The van der Waals surface area contributed by atoms with E-state index in [-0.39, 0.29) is 25.9 Å². The molecule has 0 aliphatic rings. The molecule has 2 N–H and O–H groups in total. The van der Waals surface area contributed by atoms with Gasteiger partial charge in [-0.05, 0) is 83.5 Å². The van der Waals surface area contributed by atoms with Gasteiger partial charge in [-0.15, -0.1) is 0 Å². The fourth-order valence-corrected chi connectivity index (χ4v) is 10.0. The van der Waals surface area contributed by atoms with E-state index in [4.69, 9.17) is 23.3 Å². The molecule has 0 aromatic carbocycles. The lowest BCUT2D eigenvalue weighted by atomic mass is 10.0. The van der Waals surface area contributed by atoms with Crippen molar-refractivity contribution >= 4 is 25.7 Å². The van der Waals surface area contributed by atoms with Gasteiger partial charge in [-0.3, -0.25) is 23.4 Å². The Morgan fingerprint density at radius 1 is 0.359 bits per heavy atom. The molecule has 0 saturated carbocycles. The summed E-state index contributed by atoms with van der Waals surface area (Å²) in [7, 11) is -4.75. The van der Waals surface area contributed by atoms with Crippen LogP contribution in [0.25, 0.3) is 0 Å². The molecule has 0 radical (unpaired) electrons. The van der Waals surface area contributed by atoms with Crippen LogP contribution in [-0.2, 0) is 42.2 Å². The third-order valence-corrected chi connectivity index (χ3v) is 15.2. The molecular formula is C66H121O11P. The Labute approximate surface area is 479 Å². The summed E-state index contributed by atoms with van der Waals surface area (Å²) in [5.41, 5.74) is 0. The van der Waals surface area contributed by atoms with Crippen molar-refractivity contribution in [1.29, 1.82) is 0 Å². The van der Waals surface area contributed by atoms with Gasteiger partial charge in [0.1, 0.15) is 12.7 Å². The zero-order valence-corrected chi connectivity index (χ0v) is 51.5. The molecule has 0 spiro atoms. The molecule has 0 aliphatic heterocycles. The number of phosphoric ester groups is 1. The van der Waals surface area contributed by atoms with Crippen LogP contribution in [0.5, 0.6) is 0 Å². The van der Waals surface area contributed by atoms with Gasteiger partial charge in [0, 0.05) is 19.3 Å². The Morgan fingerprint density at radius 2 is 0.628 bits per heavy atom. The average Bonchev–Trinajstić information content (AvgIpc) is 3.43. The van der Waals surface area contributed by atoms with Crippen molar-refractivity contribution in [3.05, 3.63) is 48.6 Å². The minimum Gasteiger partial charge on any atom is -0.462 e. The van der Waals surface area contributed by atoms with Gasteiger partial charge in [-0.2, -0.15) is 0 Å². The second-order valence-corrected chi connectivity index (χ2v) is 23.4. The molecule has 0 aromatic rings. The number of aliphatic hydroxyl groups excluding tert-OH is 1. The molecule has 0 heterocycles. The topological polar surface area (TPSA) is 155 Å². The molecule has 11 nitrogen and oxygen atoms in total. The average molecular weight is 1120 g/mol. The normalized spacial score (nSPS) is 13.6. The Morgan fingerprint density at radius 3 is 1.01 bits per heavy atom. The fourth-order valence-electron chi connectivity index (χ4n) is 9.24. The van der Waals surface area contributed by atoms with Crippen molar-refractivity contribution in [2.45, 2.75) is 328 Å². The molecule has 0 rings (SSSR count). The van der Waals surface area contributed by atoms with Crippen molar-refractivity contribution < 1.29 is 52.2 Å². The summed E-state index contributed by atoms with van der Waals surface area (Å²) in [6.45, 7) is 4.64. The molecule has 3 atom stereocenters. The number of unbranched alkanes of at least 4 members (excludes halogenated alkanes) is 36. The van der Waals surface area contributed by atoms with Crippen LogP contribution >= 0.6 is 7.82 Å². The van der Waals surface area contributed by atoms with Crippen LogP contribution in [0.15, 0.2) is 48.6 Å². The number of rotatable bonds is 61. The highest BCUT2D eigenvalue weighted by molar-refractivity contribution is 7.47. The van der Waals surface area contributed by atoms with Gasteiger partial charge >= 0.3 is 25.7 Å². The van der Waals surface area contributed by atoms with Crippen LogP contribution in [0.3, 0.4) is 0 Å². The van der Waals surface area contributed by atoms with Crippen LogP contribution in [-0.4, -0.2) is 66.5 Å². The number of ether oxygens (including phenoxy) is 3. The van der Waals surface area contributed by atoms with E-state index in [0.717, 1.165) is 109 Å². The lowest BCUT2D eigenvalue weighted by molar-refractivity contribution is -0.161. The van der Waals surface area contributed by atoms with E-state index in [9.17, 15) is 28.9 Å². The largest absolute Gasteiger partial charge is 0.472 e. The van der Waals surface area contributed by atoms with E-state index in [1.807, 2.05) is 0 Å². The molecule has 0 amide bonds. The molecule has 0 aromatic heterocycles. The maximum atomic E-state index is 12.9. The number of carbonyl (C=O) groups is 3. The predicted molar refractivity (Wildman–Crippen MR) is 325 cm³/mol. The summed E-state index contributed by atoms with van der Waals surface area (Å²) < 4.78 is 39.7. The van der Waals surface area contributed by atoms with Crippen molar-refractivity contribution in [1.82, 2.24) is 0 Å². The molecule has 3 unspecified atom stereocenters. The first-order chi connectivity index (χ1) is 38.2. The summed E-state index contributed by atoms with van der Waals surface area (Å²) >= 11 is 0. The molecule has 0 saturated heterocycles. The Kier molecular flexibility index (Phi) is 58.5. The van der Waals surface area contributed by atoms with Crippen LogP contribution in [0.4, 0.5) is 0 Å². The van der Waals surface area contributed by atoms with E-state index in [1.165, 1.54) is 148 Å². The van der Waals surface area contributed by atoms with E-state index in [1.54, 1.807) is 0 Å². The minimum atomic E-state index is -4.75. The number of carbonyl (C=O) groups excluding carboxylic acids is 3. The lowest BCUT2D eigenvalue weighted by Crippen LogP contribution is -2.30. The molecule has 0 bridgehead atoms. The lowest BCUT2D eigenvalue weighted by Gasteiger charge is -2.21. The van der Waals surface area contributed by atoms with Crippen LogP contribution in [0, 0.1) is 0 Å². The summed E-state index contributed by atoms with van der Waals surface area (Å²) in [4.78, 5) is 48.7. The van der Waals surface area contributed by atoms with Crippen molar-refractivity contribution in [2.24, 2.45) is 0 Å². The van der Waals surface area contributed by atoms with Gasteiger partial charge in [0.15, 0.2) is 6.10 Å². The molecule has 0 aliphatic carbocycles. The number of allylic oxidation sites excluding steroid dienone is 8. The minimum absolute atomic E-state index is 0.153. The number of esters is 3. The molecule has 78 heavy (non-hydrogen) atoms. The maximum Gasteiger partial charge on any atom is 0.472 e. The first-order valence-electron chi connectivity index (χ1n) is 32.5. The smallest absolute Gasteiger partial charge is 0.462 e. The Hall–Kier alpha value is -2.56. The Balaban J connectivity index is 4.64. The number of hydrogen-bond donors (Lipinski definition) is 2. The molecular weight excluding hydrogens is 1000 g/mol. The molecule has 12 heteroatoms. The van der Waals surface area contributed by atoms with E-state index in [0.29, 0.717) is 19.3 Å². The third-order valence-electron chi connectivity index (χ3n) is 14.2. The van der Waals surface area contributed by atoms with Gasteiger partial charge in [-0.25, -0.2) is 4.57 Å². The standard InChI is InChI=1S/C66H121O11P/c1-4-7-10-13-16-19-22-25-27-29-31-33-35-38-41-44-47-50-53-56-65(69)76-62(58-67)60-74-78(71,72)75-61-63(59-73-64(68)55-52-49-46-43-40-37-24-21-18-15-12-9-6-3)77-66(70)57-54-51-48-45-42-39-36-34-32-30-28-26-23-20-17-14-11-8-5-2/h17,20-21,24,26,28,32,34,62-63,67H,4-16,18-19,22-23,25,27,29-31,33,35-61H2,1-3H3,(H,71,72)/b20-17-,24-21-,28-26-,34-32-. The first kappa shape index (κ1) is 75.4. The zero-order valence-electron chi connectivity index (χ0n) is 50.6. The highest BCUT2D eigenvalue weighted by Crippen LogP contribution is 2.43. The molecule has 0 fully saturated rings. The van der Waals surface area contributed by atoms with Gasteiger partial charge in [0.2, 0.25) is 0 Å². The SMILES string of the molecule is CCCCC/C=C\C/C=C\C/C=C\CCCCCCCCC(=O)OC(COC(=O)CCCCCCC/C=C\CCCCCC)COP(=O)(O)OCC(CO)OC(=O)CCCCCCCCCCCCCCCCCCCCC. The van der Waals surface area contributed by atoms with Crippen LogP contribution < -0.4 is 0 Å². The first-order valence-corrected chi connectivity index (χ1v) is 34.0. The van der Waals surface area contributed by atoms with Crippen molar-refractivity contribution in [3.8, 4) is 0 Å². The fraction of sp³-hybridized carbons (Fsp3) is 0.833. The van der Waals surface area contributed by atoms with Gasteiger partial charge in [0.25, 0.3) is 0 Å². The van der Waals surface area contributed by atoms with Crippen molar-refractivity contribution in [3.63, 3.8) is 0 Å². The number of aliphatic hydroxyl groups is 1. The van der Waals surface area contributed by atoms with E-state index >= 15 is 0 Å². The summed E-state index contributed by atoms with van der Waals surface area (Å²) in [5.74, 6) is -1.47. The van der Waals surface area contributed by atoms with Gasteiger partial charge < -0.3 is 24.2 Å². The third kappa shape index (κ3) is 58.1. The summed E-state index contributed by atoms with van der Waals surface area (Å²) in [5, 5.41) is 9.86. The summed E-state index contributed by atoms with van der Waals surface area (Å²) in [6, 6.07) is 0. The maximum absolute atomic E-state index is 12.9. The summed E-state index contributed by atoms with van der Waals surface area (Å²) in [6.07, 6.45) is 66.3. The monoisotopic (exact) mass is 1120 g/mol. The predicted octanol–water partition coefficient (Wildman–Crippen LogP) is 19.7. The van der Waals surface area contributed by atoms with Gasteiger partial charge in [0.05, 0.1) is 19.8 Å². The van der Waals surface area contributed by atoms with E-state index in [2.05, 4.69) is 69.4 Å². The highest BCUT2D eigenvalue weighted by Gasteiger charge is 2.28. The molecule has 456 valence electrons. The van der Waals surface area contributed by atoms with Crippen LogP contribution in [0.1, 0.15) is 316 Å². The second kappa shape index (κ2) is 60.5. The van der Waals surface area contributed by atoms with Gasteiger partial charge in [-0.1, -0.05) is 262 Å². The quantitative estimate of drug-likeness (QED) is 0.0197. The van der Waals surface area contributed by atoms with Crippen LogP contribution in [0.2, 0.25) is 0 Å². The second-order valence-electron chi connectivity index (χ2n) is 21.9. The number of phosphoric acid groups is 1. The zero-order chi connectivity index (χ0) is 56.9. The highest BCUT2D eigenvalue weighted by atomic mass is 31.2. The number of hydrogen-bond acceptors (Lipinski definition) is 10.